The molecule has 0 N–H and O–H groups in total. The van der Waals surface area contributed by atoms with Crippen LogP contribution < -0.4 is 8.85 Å². The summed E-state index contributed by atoms with van der Waals surface area (Å²) in [6.07, 6.45) is -3.98. The largest absolute Gasteiger partial charge is 0.384 e. The lowest BCUT2D eigenvalue weighted by Gasteiger charge is -2.38. The van der Waals surface area contributed by atoms with Crippen molar-refractivity contribution in [2.45, 2.75) is 17.4 Å². The van der Waals surface area contributed by atoms with Crippen LogP contribution in [0.25, 0.3) is 0 Å². The van der Waals surface area contributed by atoms with E-state index in [0.29, 0.717) is 0 Å². The summed E-state index contributed by atoms with van der Waals surface area (Å²) in [5.74, 6) is -41.1. The van der Waals surface area contributed by atoms with Gasteiger partial charge in [-0.05, 0) is 8.85 Å². The maximum atomic E-state index is 14.9. The van der Waals surface area contributed by atoms with Crippen molar-refractivity contribution in [3.8, 4) is 0 Å². The highest BCUT2D eigenvalue weighted by molar-refractivity contribution is 6.88. The van der Waals surface area contributed by atoms with Gasteiger partial charge in [-0.1, -0.05) is 6.92 Å². The number of hydrogen-bond acceptors (Lipinski definition) is 0. The summed E-state index contributed by atoms with van der Waals surface area (Å²) in [6.45, 7) is -0.106. The molecule has 0 saturated heterocycles. The topological polar surface area (TPSA) is 0 Å². The van der Waals surface area contributed by atoms with Gasteiger partial charge in [-0.25, -0.2) is 65.9 Å². The Bertz CT molecular complexity index is 1200. The molecule has 188 valence electrons. The zero-order chi connectivity index (χ0) is 26.9. The molecular formula is C19H4AlF15. The van der Waals surface area contributed by atoms with E-state index in [9.17, 15) is 65.9 Å². The van der Waals surface area contributed by atoms with Crippen LogP contribution >= 0.6 is 0 Å². The number of hydrogen-bond donors (Lipinski definition) is 0. The van der Waals surface area contributed by atoms with E-state index in [1.165, 1.54) is 0 Å². The van der Waals surface area contributed by atoms with Crippen molar-refractivity contribution in [2.75, 3.05) is 0 Å². The standard InChI is InChI=1S/C7H4F5.2C6F5.Al/c1-2-3(8)5(10)7(12)6(11)4(2)9;2*7-2-1-3(8)5(10)6(11)4(2)9;/h3H,1H3;;;. The molecule has 2 atom stereocenters. The van der Waals surface area contributed by atoms with E-state index in [1.807, 2.05) is 0 Å². The second kappa shape index (κ2) is 8.81. The fourth-order valence-corrected chi connectivity index (χ4v) is 7.52. The molecule has 0 nitrogen and oxygen atoms in total. The van der Waals surface area contributed by atoms with E-state index >= 15 is 0 Å². The number of rotatable bonds is 3. The quantitative estimate of drug-likeness (QED) is 0.190. The Hall–Kier alpha value is -2.60. The molecule has 35 heavy (non-hydrogen) atoms. The SMILES string of the molecule is C[C]1([Al]([c]2c(F)c(F)c(F)c(F)c2F)[c]2c(F)c(F)c(F)c(F)c2F)C(F)=C(F)C(F)=C(F)C1F. The van der Waals surface area contributed by atoms with Gasteiger partial charge < -0.3 is 0 Å². The Kier molecular flexibility index (Phi) is 6.79. The molecule has 16 heteroatoms. The average Bonchev–Trinajstić information content (AvgIpc) is 2.84. The van der Waals surface area contributed by atoms with Crippen molar-refractivity contribution in [1.82, 2.24) is 0 Å². The van der Waals surface area contributed by atoms with Gasteiger partial charge in [-0.15, -0.1) is 0 Å². The summed E-state index contributed by atoms with van der Waals surface area (Å²) in [6, 6.07) is 0. The molecule has 0 amide bonds. The first kappa shape index (κ1) is 27.0. The first-order chi connectivity index (χ1) is 16.0. The Morgan fingerprint density at radius 2 is 0.771 bits per heavy atom. The second-order valence-corrected chi connectivity index (χ2v) is 10.6. The zero-order valence-corrected chi connectivity index (χ0v) is 17.5. The highest BCUT2D eigenvalue weighted by Crippen LogP contribution is 2.54. The fraction of sp³-hybridized carbons (Fsp3) is 0.158. The van der Waals surface area contributed by atoms with Crippen molar-refractivity contribution in [3.05, 3.63) is 81.5 Å². The van der Waals surface area contributed by atoms with Gasteiger partial charge in [0.05, 0.1) is 0 Å². The lowest BCUT2D eigenvalue weighted by molar-refractivity contribution is 0.224. The molecule has 1 aliphatic carbocycles. The number of alkyl halides is 1. The molecule has 2 aromatic rings. The van der Waals surface area contributed by atoms with E-state index < -0.39 is 115 Å². The predicted molar refractivity (Wildman–Crippen MR) is 89.2 cm³/mol. The highest BCUT2D eigenvalue weighted by atomic mass is 27.2. The van der Waals surface area contributed by atoms with E-state index in [0.717, 1.165) is 0 Å². The molecule has 0 heterocycles. The first-order valence-corrected chi connectivity index (χ1v) is 10.5. The van der Waals surface area contributed by atoms with Crippen LogP contribution in [0, 0.1) is 58.2 Å². The van der Waals surface area contributed by atoms with Crippen molar-refractivity contribution in [3.63, 3.8) is 0 Å². The van der Waals surface area contributed by atoms with E-state index in [4.69, 9.17) is 0 Å². The Balaban J connectivity index is 2.64. The first-order valence-electron chi connectivity index (χ1n) is 8.81. The number of benzene rings is 2. The van der Waals surface area contributed by atoms with E-state index in [2.05, 4.69) is 0 Å². The van der Waals surface area contributed by atoms with Gasteiger partial charge in [0, 0.05) is 4.28 Å². The van der Waals surface area contributed by atoms with Crippen LogP contribution in [0.4, 0.5) is 65.9 Å². The lowest BCUT2D eigenvalue weighted by atomic mass is 9.95. The third-order valence-corrected chi connectivity index (χ3v) is 9.40. The zero-order valence-electron chi connectivity index (χ0n) is 16.3. The fourth-order valence-electron chi connectivity index (χ4n) is 3.69. The minimum Gasteiger partial charge on any atom is -0.240 e. The molecule has 0 saturated carbocycles. The predicted octanol–water partition coefficient (Wildman–Crippen LogP) is 6.10. The molecule has 0 aromatic heterocycles. The highest BCUT2D eigenvalue weighted by Gasteiger charge is 2.62. The van der Waals surface area contributed by atoms with Crippen LogP contribution in [0.15, 0.2) is 23.3 Å². The smallest absolute Gasteiger partial charge is 0.240 e. The number of halogens is 15. The van der Waals surface area contributed by atoms with Gasteiger partial charge in [-0.3, -0.25) is 0 Å². The van der Waals surface area contributed by atoms with Crippen LogP contribution in [0.1, 0.15) is 6.92 Å². The summed E-state index contributed by atoms with van der Waals surface area (Å²) in [7, 11) is 0. The molecule has 3 rings (SSSR count). The molecular weight excluding hydrogens is 540 g/mol. The van der Waals surface area contributed by atoms with Crippen molar-refractivity contribution in [1.29, 1.82) is 0 Å². The monoisotopic (exact) mass is 544 g/mol. The molecule has 0 fully saturated rings. The van der Waals surface area contributed by atoms with Crippen LogP contribution in [0.5, 0.6) is 0 Å². The molecule has 0 radical (unpaired) electrons. The molecule has 0 spiro atoms. The maximum Gasteiger partial charge on any atom is 0.384 e. The van der Waals surface area contributed by atoms with Gasteiger partial charge in [0.1, 0.15) is 5.83 Å². The molecule has 0 bridgehead atoms. The third-order valence-electron chi connectivity index (χ3n) is 5.48. The molecule has 0 aliphatic heterocycles. The van der Waals surface area contributed by atoms with Gasteiger partial charge >= 0.3 is 14.1 Å². The van der Waals surface area contributed by atoms with Gasteiger partial charge in [0.25, 0.3) is 0 Å². The van der Waals surface area contributed by atoms with E-state index in [1.54, 1.807) is 0 Å². The molecule has 2 unspecified atom stereocenters. The third kappa shape index (κ3) is 3.55. The summed E-state index contributed by atoms with van der Waals surface area (Å²) >= 11 is -5.96. The van der Waals surface area contributed by atoms with Gasteiger partial charge in [-0.2, -0.15) is 0 Å². The minimum absolute atomic E-state index is 0.106. The Morgan fingerprint density at radius 3 is 1.09 bits per heavy atom. The Morgan fingerprint density at radius 1 is 0.486 bits per heavy atom. The number of allylic oxidation sites excluding steroid dienone is 4. The lowest BCUT2D eigenvalue weighted by Crippen LogP contribution is -2.60. The van der Waals surface area contributed by atoms with Crippen LogP contribution in [-0.4, -0.2) is 20.3 Å². The van der Waals surface area contributed by atoms with E-state index in [-0.39, 0.29) is 6.92 Å². The van der Waals surface area contributed by atoms with Crippen molar-refractivity contribution in [2.24, 2.45) is 0 Å². The van der Waals surface area contributed by atoms with Crippen molar-refractivity contribution >= 4 is 23.0 Å². The van der Waals surface area contributed by atoms with Crippen LogP contribution in [-0.2, 0) is 0 Å². The summed E-state index contributed by atoms with van der Waals surface area (Å²) < 4.78 is 203. The average molecular weight is 544 g/mol. The summed E-state index contributed by atoms with van der Waals surface area (Å²) in [4.78, 5) is 0. The molecule has 2 aromatic carbocycles. The van der Waals surface area contributed by atoms with Gasteiger partial charge in [0.2, 0.25) is 0 Å². The summed E-state index contributed by atoms with van der Waals surface area (Å²) in [5.41, 5.74) is 0. The second-order valence-electron chi connectivity index (χ2n) is 7.34. The van der Waals surface area contributed by atoms with Crippen LogP contribution in [0.3, 0.4) is 0 Å². The molecule has 1 aliphatic rings. The Labute approximate surface area is 188 Å². The normalized spacial score (nSPS) is 20.7. The summed E-state index contributed by atoms with van der Waals surface area (Å²) in [5, 5.41) is 0. The van der Waals surface area contributed by atoms with Gasteiger partial charge in [0.15, 0.2) is 81.8 Å². The minimum atomic E-state index is -5.96. The maximum absolute atomic E-state index is 14.9. The van der Waals surface area contributed by atoms with Crippen molar-refractivity contribution < 1.29 is 65.9 Å². The van der Waals surface area contributed by atoms with Crippen LogP contribution in [0.2, 0.25) is 4.28 Å².